The molecule has 0 spiro atoms. The van der Waals surface area contributed by atoms with E-state index in [1.54, 1.807) is 6.07 Å². The van der Waals surface area contributed by atoms with Crippen LogP contribution in [0.2, 0.25) is 5.02 Å². The van der Waals surface area contributed by atoms with Gasteiger partial charge >= 0.3 is 0 Å². The molecule has 0 saturated heterocycles. The maximum Gasteiger partial charge on any atom is 0.101 e. The first-order valence-corrected chi connectivity index (χ1v) is 7.13. The van der Waals surface area contributed by atoms with Gasteiger partial charge in [-0.2, -0.15) is 5.26 Å². The molecule has 100 valence electrons. The molecule has 0 aliphatic carbocycles. The van der Waals surface area contributed by atoms with E-state index in [1.807, 2.05) is 12.1 Å². The SMILES string of the molecule is Cc1ccc2c(c1)CCCN2c1ccc(C#N)c(Cl)c1. The van der Waals surface area contributed by atoms with Crippen molar-refractivity contribution < 1.29 is 0 Å². The van der Waals surface area contributed by atoms with E-state index in [-0.39, 0.29) is 0 Å². The number of fused-ring (bicyclic) bond motifs is 1. The van der Waals surface area contributed by atoms with Gasteiger partial charge in [0.05, 0.1) is 10.6 Å². The van der Waals surface area contributed by atoms with Gasteiger partial charge in [0.1, 0.15) is 6.07 Å². The minimum absolute atomic E-state index is 0.518. The molecule has 0 saturated carbocycles. The molecule has 20 heavy (non-hydrogen) atoms. The number of nitrogens with zero attached hydrogens (tertiary/aromatic N) is 2. The van der Waals surface area contributed by atoms with Crippen molar-refractivity contribution in [3.8, 4) is 6.07 Å². The van der Waals surface area contributed by atoms with Gasteiger partial charge in [-0.25, -0.2) is 0 Å². The zero-order valence-electron chi connectivity index (χ0n) is 11.4. The van der Waals surface area contributed by atoms with Gasteiger partial charge in [0.2, 0.25) is 0 Å². The van der Waals surface area contributed by atoms with Gasteiger partial charge in [-0.3, -0.25) is 0 Å². The lowest BCUT2D eigenvalue weighted by atomic mass is 9.99. The Balaban J connectivity index is 2.05. The maximum atomic E-state index is 8.96. The van der Waals surface area contributed by atoms with Crippen LogP contribution in [0.15, 0.2) is 36.4 Å². The topological polar surface area (TPSA) is 27.0 Å². The van der Waals surface area contributed by atoms with Crippen LogP contribution in [0.1, 0.15) is 23.1 Å². The Bertz CT molecular complexity index is 701. The van der Waals surface area contributed by atoms with Gasteiger partial charge in [0.15, 0.2) is 0 Å². The van der Waals surface area contributed by atoms with Crippen molar-refractivity contribution in [1.82, 2.24) is 0 Å². The number of hydrogen-bond acceptors (Lipinski definition) is 2. The van der Waals surface area contributed by atoms with Crippen LogP contribution >= 0.6 is 11.6 Å². The fraction of sp³-hybridized carbons (Fsp3) is 0.235. The zero-order valence-corrected chi connectivity index (χ0v) is 12.1. The smallest absolute Gasteiger partial charge is 0.101 e. The number of rotatable bonds is 1. The predicted molar refractivity (Wildman–Crippen MR) is 82.7 cm³/mol. The predicted octanol–water partition coefficient (Wildman–Crippen LogP) is 4.60. The van der Waals surface area contributed by atoms with Crippen molar-refractivity contribution in [3.05, 3.63) is 58.1 Å². The van der Waals surface area contributed by atoms with Crippen LogP contribution in [0.4, 0.5) is 11.4 Å². The van der Waals surface area contributed by atoms with Crippen LogP contribution in [-0.4, -0.2) is 6.54 Å². The Labute approximate surface area is 124 Å². The summed E-state index contributed by atoms with van der Waals surface area (Å²) in [5.74, 6) is 0. The van der Waals surface area contributed by atoms with Crippen molar-refractivity contribution in [2.24, 2.45) is 0 Å². The molecule has 0 bridgehead atoms. The second kappa shape index (κ2) is 5.19. The van der Waals surface area contributed by atoms with Crippen LogP contribution in [0, 0.1) is 18.3 Å². The molecule has 2 aromatic carbocycles. The summed E-state index contributed by atoms with van der Waals surface area (Å²) in [4.78, 5) is 2.28. The molecule has 3 rings (SSSR count). The lowest BCUT2D eigenvalue weighted by Gasteiger charge is -2.31. The summed E-state index contributed by atoms with van der Waals surface area (Å²) in [7, 11) is 0. The second-order valence-electron chi connectivity index (χ2n) is 5.16. The first-order chi connectivity index (χ1) is 9.69. The van der Waals surface area contributed by atoms with Crippen LogP contribution in [0.5, 0.6) is 0 Å². The molecule has 3 heteroatoms. The molecule has 1 aliphatic heterocycles. The number of nitriles is 1. The molecular weight excluding hydrogens is 268 g/mol. The van der Waals surface area contributed by atoms with Gasteiger partial charge in [-0.15, -0.1) is 0 Å². The maximum absolute atomic E-state index is 8.96. The van der Waals surface area contributed by atoms with E-state index in [0.29, 0.717) is 10.6 Å². The Hall–Kier alpha value is -1.98. The third-order valence-corrected chi connectivity index (χ3v) is 4.05. The fourth-order valence-electron chi connectivity index (χ4n) is 2.76. The quantitative estimate of drug-likeness (QED) is 0.764. The first-order valence-electron chi connectivity index (χ1n) is 6.76. The van der Waals surface area contributed by atoms with Crippen LogP contribution in [0.3, 0.4) is 0 Å². The fourth-order valence-corrected chi connectivity index (χ4v) is 2.97. The van der Waals surface area contributed by atoms with Crippen molar-refractivity contribution >= 4 is 23.0 Å². The summed E-state index contributed by atoms with van der Waals surface area (Å²) in [5, 5.41) is 9.48. The third kappa shape index (κ3) is 2.26. The monoisotopic (exact) mass is 282 g/mol. The number of aryl methyl sites for hydroxylation is 2. The summed E-state index contributed by atoms with van der Waals surface area (Å²) >= 11 is 6.15. The summed E-state index contributed by atoms with van der Waals surface area (Å²) in [5.41, 5.74) is 5.51. The van der Waals surface area contributed by atoms with Crippen molar-refractivity contribution in [2.75, 3.05) is 11.4 Å². The largest absolute Gasteiger partial charge is 0.341 e. The van der Waals surface area contributed by atoms with Gasteiger partial charge in [0, 0.05) is 17.9 Å². The second-order valence-corrected chi connectivity index (χ2v) is 5.57. The van der Waals surface area contributed by atoms with E-state index >= 15 is 0 Å². The number of halogens is 1. The van der Waals surface area contributed by atoms with E-state index in [4.69, 9.17) is 16.9 Å². The lowest BCUT2D eigenvalue weighted by molar-refractivity contribution is 0.766. The standard InChI is InChI=1S/C17H15ClN2/c1-12-4-7-17-13(9-12)3-2-8-20(17)15-6-5-14(11-19)16(18)10-15/h4-7,9-10H,2-3,8H2,1H3. The van der Waals surface area contributed by atoms with Crippen molar-refractivity contribution in [3.63, 3.8) is 0 Å². The molecule has 0 unspecified atom stereocenters. The Morgan fingerprint density at radius 2 is 2.05 bits per heavy atom. The highest BCUT2D eigenvalue weighted by atomic mass is 35.5. The highest BCUT2D eigenvalue weighted by molar-refractivity contribution is 6.32. The van der Waals surface area contributed by atoms with E-state index in [2.05, 4.69) is 36.1 Å². The summed E-state index contributed by atoms with van der Waals surface area (Å²) in [6, 6.07) is 14.3. The van der Waals surface area contributed by atoms with E-state index < -0.39 is 0 Å². The van der Waals surface area contributed by atoms with Crippen LogP contribution in [0.25, 0.3) is 0 Å². The Morgan fingerprint density at radius 3 is 2.80 bits per heavy atom. The van der Waals surface area contributed by atoms with Gasteiger partial charge in [-0.05, 0) is 49.6 Å². The Kier molecular flexibility index (Phi) is 3.38. The number of benzene rings is 2. The average Bonchev–Trinajstić information content (AvgIpc) is 2.46. The number of anilines is 2. The minimum atomic E-state index is 0.518. The molecule has 0 radical (unpaired) electrons. The normalized spacial score (nSPS) is 13.8. The van der Waals surface area contributed by atoms with E-state index in [0.717, 1.165) is 25.1 Å². The summed E-state index contributed by atoms with van der Waals surface area (Å²) in [6.45, 7) is 3.11. The highest BCUT2D eigenvalue weighted by Gasteiger charge is 2.18. The van der Waals surface area contributed by atoms with Crippen LogP contribution in [-0.2, 0) is 6.42 Å². The molecule has 1 aliphatic rings. The molecule has 0 amide bonds. The minimum Gasteiger partial charge on any atom is -0.341 e. The molecule has 2 nitrogen and oxygen atoms in total. The first kappa shape index (κ1) is 13.0. The molecule has 0 N–H and O–H groups in total. The van der Waals surface area contributed by atoms with E-state index in [1.165, 1.54) is 16.8 Å². The molecule has 0 fully saturated rings. The average molecular weight is 283 g/mol. The van der Waals surface area contributed by atoms with Crippen molar-refractivity contribution in [2.45, 2.75) is 19.8 Å². The van der Waals surface area contributed by atoms with Crippen LogP contribution < -0.4 is 4.90 Å². The summed E-state index contributed by atoms with van der Waals surface area (Å²) < 4.78 is 0. The van der Waals surface area contributed by atoms with Gasteiger partial charge in [-0.1, -0.05) is 29.3 Å². The molecule has 2 aromatic rings. The molecular formula is C17H15ClN2. The van der Waals surface area contributed by atoms with E-state index in [9.17, 15) is 0 Å². The van der Waals surface area contributed by atoms with Gasteiger partial charge in [0.25, 0.3) is 0 Å². The lowest BCUT2D eigenvalue weighted by Crippen LogP contribution is -2.24. The molecule has 0 aromatic heterocycles. The molecule has 0 atom stereocenters. The highest BCUT2D eigenvalue weighted by Crippen LogP contribution is 2.35. The van der Waals surface area contributed by atoms with Crippen molar-refractivity contribution in [1.29, 1.82) is 5.26 Å². The number of hydrogen-bond donors (Lipinski definition) is 0. The third-order valence-electron chi connectivity index (χ3n) is 3.74. The van der Waals surface area contributed by atoms with Gasteiger partial charge < -0.3 is 4.90 Å². The zero-order chi connectivity index (χ0) is 14.1. The Morgan fingerprint density at radius 1 is 1.20 bits per heavy atom. The molecule has 1 heterocycles. The summed E-state index contributed by atoms with van der Waals surface area (Å²) in [6.07, 6.45) is 2.26.